The highest BCUT2D eigenvalue weighted by atomic mass is 35.5. The fraction of sp³-hybridized carbons (Fsp3) is 0.235. The molecule has 0 aromatic heterocycles. The third kappa shape index (κ3) is 4.23. The van der Waals surface area contributed by atoms with Gasteiger partial charge in [0.2, 0.25) is 5.91 Å². The van der Waals surface area contributed by atoms with Crippen molar-refractivity contribution in [1.82, 2.24) is 4.90 Å². The molecule has 1 N–H and O–H groups in total. The SMILES string of the molecule is C[C@H](C(=O)Nc1c(Cl)cccc1Cl)N(C)Cc1ccccc1. The normalized spacial score (nSPS) is 12.2. The van der Waals surface area contributed by atoms with Crippen LogP contribution in [0, 0.1) is 0 Å². The van der Waals surface area contributed by atoms with E-state index >= 15 is 0 Å². The number of hydrogen-bond donors (Lipinski definition) is 1. The van der Waals surface area contributed by atoms with Crippen molar-refractivity contribution in [3.05, 3.63) is 64.1 Å². The summed E-state index contributed by atoms with van der Waals surface area (Å²) in [5.41, 5.74) is 1.61. The summed E-state index contributed by atoms with van der Waals surface area (Å²) in [6.07, 6.45) is 0. The van der Waals surface area contributed by atoms with Gasteiger partial charge in [-0.15, -0.1) is 0 Å². The van der Waals surface area contributed by atoms with Gasteiger partial charge in [-0.25, -0.2) is 0 Å². The van der Waals surface area contributed by atoms with Crippen LogP contribution in [0.4, 0.5) is 5.69 Å². The second-order valence-corrected chi connectivity index (χ2v) is 5.98. The average molecular weight is 337 g/mol. The topological polar surface area (TPSA) is 32.3 Å². The Bertz CT molecular complexity index is 626. The van der Waals surface area contributed by atoms with Gasteiger partial charge in [0.1, 0.15) is 0 Å². The molecule has 0 aliphatic rings. The molecular weight excluding hydrogens is 319 g/mol. The van der Waals surface area contributed by atoms with Crippen LogP contribution >= 0.6 is 23.2 Å². The van der Waals surface area contributed by atoms with E-state index < -0.39 is 0 Å². The molecule has 0 radical (unpaired) electrons. The second-order valence-electron chi connectivity index (χ2n) is 5.16. The Morgan fingerprint density at radius 1 is 1.09 bits per heavy atom. The summed E-state index contributed by atoms with van der Waals surface area (Å²) in [6.45, 7) is 2.54. The van der Waals surface area contributed by atoms with Crippen molar-refractivity contribution < 1.29 is 4.79 Å². The quantitative estimate of drug-likeness (QED) is 0.874. The number of para-hydroxylation sites is 1. The Kier molecular flexibility index (Phi) is 5.83. The second kappa shape index (κ2) is 7.63. The average Bonchev–Trinajstić information content (AvgIpc) is 2.51. The van der Waals surface area contributed by atoms with Crippen molar-refractivity contribution in [3.8, 4) is 0 Å². The zero-order valence-electron chi connectivity index (χ0n) is 12.5. The number of amides is 1. The zero-order chi connectivity index (χ0) is 16.1. The van der Waals surface area contributed by atoms with Gasteiger partial charge in [-0.3, -0.25) is 9.69 Å². The molecule has 0 fully saturated rings. The highest BCUT2D eigenvalue weighted by Crippen LogP contribution is 2.30. The number of likely N-dealkylation sites (N-methyl/N-ethyl adjacent to an activating group) is 1. The van der Waals surface area contributed by atoms with Crippen molar-refractivity contribution in [1.29, 1.82) is 0 Å². The Balaban J connectivity index is 2.03. The van der Waals surface area contributed by atoms with Gasteiger partial charge >= 0.3 is 0 Å². The molecule has 22 heavy (non-hydrogen) atoms. The minimum atomic E-state index is -0.312. The van der Waals surface area contributed by atoms with Gasteiger partial charge in [-0.05, 0) is 31.7 Å². The molecule has 116 valence electrons. The molecule has 0 heterocycles. The third-order valence-corrected chi connectivity index (χ3v) is 4.16. The predicted molar refractivity (Wildman–Crippen MR) is 92.5 cm³/mol. The van der Waals surface area contributed by atoms with Gasteiger partial charge < -0.3 is 5.32 Å². The molecule has 1 amide bonds. The Labute approximate surface area is 140 Å². The molecule has 0 aliphatic heterocycles. The number of nitrogens with zero attached hydrogens (tertiary/aromatic N) is 1. The summed E-state index contributed by atoms with van der Waals surface area (Å²) < 4.78 is 0. The molecule has 0 spiro atoms. The molecule has 2 aromatic rings. The van der Waals surface area contributed by atoms with Crippen LogP contribution in [0.25, 0.3) is 0 Å². The fourth-order valence-electron chi connectivity index (χ4n) is 2.05. The molecule has 5 heteroatoms. The lowest BCUT2D eigenvalue weighted by Gasteiger charge is -2.24. The number of rotatable bonds is 5. The van der Waals surface area contributed by atoms with Crippen LogP contribution in [0.2, 0.25) is 10.0 Å². The monoisotopic (exact) mass is 336 g/mol. The maximum atomic E-state index is 12.4. The minimum Gasteiger partial charge on any atom is -0.322 e. The smallest absolute Gasteiger partial charge is 0.241 e. The highest BCUT2D eigenvalue weighted by Gasteiger charge is 2.20. The van der Waals surface area contributed by atoms with E-state index in [1.165, 1.54) is 0 Å². The van der Waals surface area contributed by atoms with Gasteiger partial charge in [-0.1, -0.05) is 59.6 Å². The van der Waals surface area contributed by atoms with Crippen LogP contribution in [0.1, 0.15) is 12.5 Å². The highest BCUT2D eigenvalue weighted by molar-refractivity contribution is 6.39. The first-order valence-electron chi connectivity index (χ1n) is 6.98. The number of carbonyl (C=O) groups is 1. The lowest BCUT2D eigenvalue weighted by molar-refractivity contribution is -0.120. The first kappa shape index (κ1) is 16.8. The molecule has 0 saturated heterocycles. The molecule has 3 nitrogen and oxygen atoms in total. The van der Waals surface area contributed by atoms with Crippen LogP contribution in [0.3, 0.4) is 0 Å². The van der Waals surface area contributed by atoms with Crippen molar-refractivity contribution >= 4 is 34.8 Å². The number of nitrogens with one attached hydrogen (secondary N) is 1. The van der Waals surface area contributed by atoms with Crippen molar-refractivity contribution in [2.24, 2.45) is 0 Å². The van der Waals surface area contributed by atoms with Gasteiger partial charge in [0.15, 0.2) is 0 Å². The Hall–Kier alpha value is -1.55. The number of benzene rings is 2. The van der Waals surface area contributed by atoms with Gasteiger partial charge in [0, 0.05) is 6.54 Å². The van der Waals surface area contributed by atoms with Crippen molar-refractivity contribution in [2.75, 3.05) is 12.4 Å². The van der Waals surface area contributed by atoms with E-state index in [4.69, 9.17) is 23.2 Å². The zero-order valence-corrected chi connectivity index (χ0v) is 14.0. The maximum absolute atomic E-state index is 12.4. The first-order valence-corrected chi connectivity index (χ1v) is 7.73. The molecule has 2 rings (SSSR count). The van der Waals surface area contributed by atoms with Crippen molar-refractivity contribution in [3.63, 3.8) is 0 Å². The van der Waals surface area contributed by atoms with Crippen LogP contribution in [-0.2, 0) is 11.3 Å². The summed E-state index contributed by atoms with van der Waals surface area (Å²) in [4.78, 5) is 14.3. The van der Waals surface area contributed by atoms with Crippen LogP contribution < -0.4 is 5.32 Å². The minimum absolute atomic E-state index is 0.145. The molecule has 0 bridgehead atoms. The first-order chi connectivity index (χ1) is 10.5. The lowest BCUT2D eigenvalue weighted by Crippen LogP contribution is -2.39. The van der Waals surface area contributed by atoms with Gasteiger partial charge in [-0.2, -0.15) is 0 Å². The van der Waals surface area contributed by atoms with E-state index in [0.29, 0.717) is 22.3 Å². The number of anilines is 1. The van der Waals surface area contributed by atoms with Crippen molar-refractivity contribution in [2.45, 2.75) is 19.5 Å². The number of carbonyl (C=O) groups excluding carboxylic acids is 1. The van der Waals surface area contributed by atoms with E-state index in [-0.39, 0.29) is 11.9 Å². The van der Waals surface area contributed by atoms with E-state index in [1.807, 2.05) is 49.2 Å². The van der Waals surface area contributed by atoms with Crippen LogP contribution in [-0.4, -0.2) is 23.9 Å². The van der Waals surface area contributed by atoms with Crippen LogP contribution in [0.5, 0.6) is 0 Å². The largest absolute Gasteiger partial charge is 0.322 e. The molecule has 1 atom stereocenters. The van der Waals surface area contributed by atoms with Crippen LogP contribution in [0.15, 0.2) is 48.5 Å². The third-order valence-electron chi connectivity index (χ3n) is 3.53. The fourth-order valence-corrected chi connectivity index (χ4v) is 2.55. The molecule has 0 saturated carbocycles. The molecule has 2 aromatic carbocycles. The summed E-state index contributed by atoms with van der Waals surface area (Å²) >= 11 is 12.1. The van der Waals surface area contributed by atoms with Gasteiger partial charge in [0.05, 0.1) is 21.8 Å². The summed E-state index contributed by atoms with van der Waals surface area (Å²) in [7, 11) is 1.91. The molecular formula is C17H18Cl2N2O. The summed E-state index contributed by atoms with van der Waals surface area (Å²) in [5, 5.41) is 3.66. The van der Waals surface area contributed by atoms with E-state index in [0.717, 1.165) is 5.56 Å². The summed E-state index contributed by atoms with van der Waals surface area (Å²) in [5.74, 6) is -0.145. The van der Waals surface area contributed by atoms with E-state index in [1.54, 1.807) is 18.2 Å². The van der Waals surface area contributed by atoms with E-state index in [2.05, 4.69) is 5.32 Å². The molecule has 0 unspecified atom stereocenters. The lowest BCUT2D eigenvalue weighted by atomic mass is 10.2. The maximum Gasteiger partial charge on any atom is 0.241 e. The number of hydrogen-bond acceptors (Lipinski definition) is 2. The summed E-state index contributed by atoms with van der Waals surface area (Å²) in [6, 6.07) is 14.8. The van der Waals surface area contributed by atoms with Gasteiger partial charge in [0.25, 0.3) is 0 Å². The molecule has 0 aliphatic carbocycles. The standard InChI is InChI=1S/C17H18Cl2N2O/c1-12(21(2)11-13-7-4-3-5-8-13)17(22)20-16-14(18)9-6-10-15(16)19/h3-10,12H,11H2,1-2H3,(H,20,22)/t12-/m1/s1. The number of halogens is 2. The Morgan fingerprint density at radius 2 is 1.68 bits per heavy atom. The Morgan fingerprint density at radius 3 is 2.27 bits per heavy atom. The van der Waals surface area contributed by atoms with E-state index in [9.17, 15) is 4.79 Å². The predicted octanol–water partition coefficient (Wildman–Crippen LogP) is 4.45.